The van der Waals surface area contributed by atoms with Crippen molar-refractivity contribution in [2.75, 3.05) is 13.6 Å². The Labute approximate surface area is 102 Å². The average molecular weight is 239 g/mol. The van der Waals surface area contributed by atoms with Crippen LogP contribution in [0.2, 0.25) is 0 Å². The second-order valence-corrected chi connectivity index (χ2v) is 5.42. The molecule has 90 valence electrons. The Morgan fingerprint density at radius 3 is 2.81 bits per heavy atom. The fraction of sp³-hybridized carbons (Fsp3) is 0.750. The number of H-pyrrole nitrogens is 1. The fourth-order valence-electron chi connectivity index (χ4n) is 2.07. The van der Waals surface area contributed by atoms with Crippen molar-refractivity contribution in [1.82, 2.24) is 14.5 Å². The van der Waals surface area contributed by atoms with Crippen molar-refractivity contribution < 1.29 is 0 Å². The predicted octanol–water partition coefficient (Wildman–Crippen LogP) is 2.76. The summed E-state index contributed by atoms with van der Waals surface area (Å²) >= 11 is 5.31. The van der Waals surface area contributed by atoms with E-state index in [1.165, 1.54) is 18.5 Å². The summed E-state index contributed by atoms with van der Waals surface area (Å²) in [6.07, 6.45) is 4.78. The lowest BCUT2D eigenvalue weighted by atomic mass is 10.1. The van der Waals surface area contributed by atoms with E-state index < -0.39 is 0 Å². The number of imidazole rings is 1. The van der Waals surface area contributed by atoms with Gasteiger partial charge in [-0.2, -0.15) is 0 Å². The number of nitrogens with zero attached hydrogens (tertiary/aromatic N) is 2. The molecule has 1 aliphatic carbocycles. The van der Waals surface area contributed by atoms with Crippen molar-refractivity contribution >= 4 is 12.2 Å². The Morgan fingerprint density at radius 2 is 2.25 bits per heavy atom. The van der Waals surface area contributed by atoms with Crippen LogP contribution in [0.25, 0.3) is 0 Å². The van der Waals surface area contributed by atoms with Gasteiger partial charge in [0.05, 0.1) is 0 Å². The molecular formula is C12H21N3S. The molecule has 1 heterocycles. The number of hydrogen-bond donors (Lipinski definition) is 1. The molecule has 1 aliphatic rings. The minimum Gasteiger partial charge on any atom is -0.337 e. The number of nitrogens with one attached hydrogen (secondary N) is 1. The van der Waals surface area contributed by atoms with Gasteiger partial charge in [0.2, 0.25) is 0 Å². The molecule has 0 radical (unpaired) electrons. The van der Waals surface area contributed by atoms with Gasteiger partial charge in [0.1, 0.15) is 0 Å². The summed E-state index contributed by atoms with van der Waals surface area (Å²) in [5, 5.41) is 0. The Balaban J connectivity index is 2.02. The minimum atomic E-state index is 0.527. The second-order valence-electron chi connectivity index (χ2n) is 5.04. The minimum absolute atomic E-state index is 0.527. The molecule has 0 aromatic carbocycles. The maximum Gasteiger partial charge on any atom is 0.177 e. The van der Waals surface area contributed by atoms with E-state index in [0.29, 0.717) is 5.92 Å². The molecule has 0 amide bonds. The van der Waals surface area contributed by atoms with Crippen LogP contribution >= 0.6 is 12.2 Å². The van der Waals surface area contributed by atoms with E-state index in [-0.39, 0.29) is 0 Å². The number of aromatic nitrogens is 2. The molecule has 4 heteroatoms. The van der Waals surface area contributed by atoms with Crippen LogP contribution in [0.3, 0.4) is 0 Å². The zero-order chi connectivity index (χ0) is 11.7. The molecule has 3 nitrogen and oxygen atoms in total. The molecule has 0 unspecified atom stereocenters. The molecule has 1 fully saturated rings. The van der Waals surface area contributed by atoms with Crippen LogP contribution in [0.5, 0.6) is 0 Å². The van der Waals surface area contributed by atoms with Crippen LogP contribution in [0.15, 0.2) is 6.20 Å². The van der Waals surface area contributed by atoms with E-state index >= 15 is 0 Å². The van der Waals surface area contributed by atoms with Crippen LogP contribution in [0.1, 0.15) is 38.3 Å². The van der Waals surface area contributed by atoms with Gasteiger partial charge >= 0.3 is 0 Å². The van der Waals surface area contributed by atoms with Crippen LogP contribution in [-0.4, -0.2) is 34.1 Å². The number of likely N-dealkylation sites (N-methyl/N-ethyl adjacent to an activating group) is 1. The van der Waals surface area contributed by atoms with Crippen LogP contribution in [0.4, 0.5) is 0 Å². The van der Waals surface area contributed by atoms with Gasteiger partial charge in [0, 0.05) is 31.0 Å². The van der Waals surface area contributed by atoms with Gasteiger partial charge in [-0.15, -0.1) is 0 Å². The Morgan fingerprint density at radius 1 is 1.56 bits per heavy atom. The van der Waals surface area contributed by atoms with Crippen molar-refractivity contribution in [3.8, 4) is 0 Å². The Hall–Kier alpha value is -0.610. The van der Waals surface area contributed by atoms with E-state index in [0.717, 1.165) is 23.9 Å². The molecular weight excluding hydrogens is 218 g/mol. The number of aromatic amines is 1. The standard InChI is InChI=1S/C12H21N3S/c1-9(2)11-8-13-12(16)15(11)7-6-14(3)10-4-5-10/h8-10H,4-7H2,1-3H3,(H,13,16). The Bertz CT molecular complexity index is 401. The lowest BCUT2D eigenvalue weighted by molar-refractivity contribution is 0.306. The normalized spacial score (nSPS) is 16.3. The zero-order valence-corrected chi connectivity index (χ0v) is 11.2. The van der Waals surface area contributed by atoms with Crippen molar-refractivity contribution in [1.29, 1.82) is 0 Å². The first-order valence-electron chi connectivity index (χ1n) is 6.08. The molecule has 1 aromatic rings. The highest BCUT2D eigenvalue weighted by Crippen LogP contribution is 2.25. The van der Waals surface area contributed by atoms with Crippen LogP contribution in [0, 0.1) is 4.77 Å². The average Bonchev–Trinajstić information content (AvgIpc) is 3.00. The van der Waals surface area contributed by atoms with Gasteiger partial charge in [0.25, 0.3) is 0 Å². The third kappa shape index (κ3) is 2.55. The van der Waals surface area contributed by atoms with Crippen molar-refractivity contribution in [3.63, 3.8) is 0 Å². The van der Waals surface area contributed by atoms with Crippen molar-refractivity contribution in [3.05, 3.63) is 16.7 Å². The lowest BCUT2D eigenvalue weighted by Gasteiger charge is -2.17. The maximum absolute atomic E-state index is 5.31. The third-order valence-corrected chi connectivity index (χ3v) is 3.68. The topological polar surface area (TPSA) is 24.0 Å². The maximum atomic E-state index is 5.31. The van der Waals surface area contributed by atoms with Crippen LogP contribution in [-0.2, 0) is 6.54 Å². The second kappa shape index (κ2) is 4.72. The number of rotatable bonds is 5. The first-order valence-corrected chi connectivity index (χ1v) is 6.48. The molecule has 1 N–H and O–H groups in total. The molecule has 0 aliphatic heterocycles. The lowest BCUT2D eigenvalue weighted by Crippen LogP contribution is -2.26. The summed E-state index contributed by atoms with van der Waals surface area (Å²) in [5.74, 6) is 0.527. The van der Waals surface area contributed by atoms with Gasteiger partial charge in [-0.1, -0.05) is 13.8 Å². The third-order valence-electron chi connectivity index (χ3n) is 3.34. The molecule has 0 spiro atoms. The first kappa shape index (κ1) is 11.9. The quantitative estimate of drug-likeness (QED) is 0.799. The SMILES string of the molecule is CC(C)c1c[nH]c(=S)n1CCN(C)C1CC1. The van der Waals surface area contributed by atoms with E-state index in [4.69, 9.17) is 12.2 Å². The zero-order valence-electron chi connectivity index (χ0n) is 10.4. The highest BCUT2D eigenvalue weighted by atomic mass is 32.1. The molecule has 1 aromatic heterocycles. The molecule has 2 rings (SSSR count). The van der Waals surface area contributed by atoms with Gasteiger partial charge in [0.15, 0.2) is 4.77 Å². The summed E-state index contributed by atoms with van der Waals surface area (Å²) < 4.78 is 3.09. The number of hydrogen-bond acceptors (Lipinski definition) is 2. The summed E-state index contributed by atoms with van der Waals surface area (Å²) in [6, 6.07) is 0.829. The Kier molecular flexibility index (Phi) is 3.50. The van der Waals surface area contributed by atoms with Gasteiger partial charge < -0.3 is 14.5 Å². The molecule has 1 saturated carbocycles. The summed E-state index contributed by atoms with van der Waals surface area (Å²) in [7, 11) is 2.21. The molecule has 0 atom stereocenters. The van der Waals surface area contributed by atoms with Crippen molar-refractivity contribution in [2.24, 2.45) is 0 Å². The monoisotopic (exact) mass is 239 g/mol. The van der Waals surface area contributed by atoms with E-state index in [9.17, 15) is 0 Å². The highest BCUT2D eigenvalue weighted by molar-refractivity contribution is 7.71. The highest BCUT2D eigenvalue weighted by Gasteiger charge is 2.25. The van der Waals surface area contributed by atoms with Crippen LogP contribution < -0.4 is 0 Å². The smallest absolute Gasteiger partial charge is 0.177 e. The summed E-state index contributed by atoms with van der Waals surface area (Å²) in [5.41, 5.74) is 1.31. The van der Waals surface area contributed by atoms with E-state index in [2.05, 4.69) is 35.3 Å². The van der Waals surface area contributed by atoms with E-state index in [1.54, 1.807) is 0 Å². The van der Waals surface area contributed by atoms with Gasteiger partial charge in [-0.05, 0) is 38.0 Å². The van der Waals surface area contributed by atoms with Gasteiger partial charge in [-0.3, -0.25) is 0 Å². The van der Waals surface area contributed by atoms with Crippen molar-refractivity contribution in [2.45, 2.75) is 45.2 Å². The predicted molar refractivity (Wildman–Crippen MR) is 69.4 cm³/mol. The first-order chi connectivity index (χ1) is 7.59. The fourth-order valence-corrected chi connectivity index (χ4v) is 2.33. The largest absolute Gasteiger partial charge is 0.337 e. The summed E-state index contributed by atoms with van der Waals surface area (Å²) in [4.78, 5) is 5.59. The van der Waals surface area contributed by atoms with Gasteiger partial charge in [-0.25, -0.2) is 0 Å². The van der Waals surface area contributed by atoms with E-state index in [1.807, 2.05) is 6.20 Å². The molecule has 0 saturated heterocycles. The summed E-state index contributed by atoms with van der Waals surface area (Å²) in [6.45, 7) is 6.51. The molecule has 16 heavy (non-hydrogen) atoms. The molecule has 0 bridgehead atoms.